The average Bonchev–Trinajstić information content (AvgIpc) is 2.80. The molecule has 0 spiro atoms. The smallest absolute Gasteiger partial charge is 0.221 e. The van der Waals surface area contributed by atoms with Crippen LogP contribution in [-0.2, 0) is 14.8 Å². The van der Waals surface area contributed by atoms with E-state index >= 15 is 0 Å². The molecule has 6 nitrogen and oxygen atoms in total. The minimum Gasteiger partial charge on any atom is -0.355 e. The Hall–Kier alpha value is -0.660. The van der Waals surface area contributed by atoms with E-state index in [4.69, 9.17) is 0 Å². The summed E-state index contributed by atoms with van der Waals surface area (Å²) in [4.78, 5) is 13.7. The highest BCUT2D eigenvalue weighted by atomic mass is 32.2. The highest BCUT2D eigenvalue weighted by molar-refractivity contribution is 7.88. The van der Waals surface area contributed by atoms with Gasteiger partial charge in [-0.05, 0) is 26.9 Å². The number of carbonyl (C=O) groups excluding carboxylic acids is 1. The fourth-order valence-electron chi connectivity index (χ4n) is 2.53. The maximum absolute atomic E-state index is 11.8. The molecule has 0 aromatic rings. The Morgan fingerprint density at radius 2 is 1.80 bits per heavy atom. The van der Waals surface area contributed by atoms with Crippen LogP contribution in [0.4, 0.5) is 0 Å². The number of likely N-dealkylation sites (N-methyl/N-ethyl adjacent to an activating group) is 1. The summed E-state index contributed by atoms with van der Waals surface area (Å²) in [6.07, 6.45) is 5.44. The van der Waals surface area contributed by atoms with E-state index in [9.17, 15) is 13.2 Å². The molecule has 0 aromatic carbocycles. The molecule has 1 N–H and O–H groups in total. The van der Waals surface area contributed by atoms with Gasteiger partial charge in [0.25, 0.3) is 0 Å². The van der Waals surface area contributed by atoms with E-state index in [-0.39, 0.29) is 24.9 Å². The number of amides is 1. The topological polar surface area (TPSA) is 69.7 Å². The molecule has 0 heterocycles. The molecule has 1 aliphatic rings. The predicted molar refractivity (Wildman–Crippen MR) is 80.0 cm³/mol. The Kier molecular flexibility index (Phi) is 6.91. The van der Waals surface area contributed by atoms with Gasteiger partial charge >= 0.3 is 0 Å². The molecule has 0 unspecified atom stereocenters. The fraction of sp³-hybridized carbons (Fsp3) is 0.923. The van der Waals surface area contributed by atoms with Crippen molar-refractivity contribution in [3.8, 4) is 0 Å². The minimum absolute atomic E-state index is 0.0829. The van der Waals surface area contributed by atoms with Crippen LogP contribution in [0.25, 0.3) is 0 Å². The Morgan fingerprint density at radius 3 is 2.30 bits per heavy atom. The maximum Gasteiger partial charge on any atom is 0.221 e. The van der Waals surface area contributed by atoms with E-state index < -0.39 is 10.0 Å². The molecule has 0 aromatic heterocycles. The number of sulfonamides is 1. The summed E-state index contributed by atoms with van der Waals surface area (Å²) in [6.45, 7) is 1.66. The van der Waals surface area contributed by atoms with E-state index in [0.717, 1.165) is 32.2 Å². The van der Waals surface area contributed by atoms with Crippen LogP contribution in [0, 0.1) is 0 Å². The first-order valence-corrected chi connectivity index (χ1v) is 9.04. The second kappa shape index (κ2) is 7.95. The summed E-state index contributed by atoms with van der Waals surface area (Å²) in [7, 11) is 0.651. The van der Waals surface area contributed by atoms with Crippen molar-refractivity contribution in [2.75, 3.05) is 40.0 Å². The van der Waals surface area contributed by atoms with Gasteiger partial charge in [-0.2, -0.15) is 4.31 Å². The first-order chi connectivity index (χ1) is 9.30. The molecule has 1 fully saturated rings. The van der Waals surface area contributed by atoms with E-state index in [1.165, 1.54) is 10.6 Å². The Labute approximate surface area is 122 Å². The lowest BCUT2D eigenvalue weighted by Gasteiger charge is -2.26. The Balaban J connectivity index is 2.40. The van der Waals surface area contributed by atoms with Crippen LogP contribution in [0.3, 0.4) is 0 Å². The lowest BCUT2D eigenvalue weighted by Crippen LogP contribution is -2.41. The third-order valence-corrected chi connectivity index (χ3v) is 4.93. The molecule has 0 saturated heterocycles. The normalized spacial score (nSPS) is 17.1. The average molecular weight is 305 g/mol. The monoisotopic (exact) mass is 305 g/mol. The Morgan fingerprint density at radius 1 is 1.20 bits per heavy atom. The van der Waals surface area contributed by atoms with Crippen LogP contribution >= 0.6 is 0 Å². The zero-order valence-electron chi connectivity index (χ0n) is 12.8. The van der Waals surface area contributed by atoms with Crippen molar-refractivity contribution < 1.29 is 13.2 Å². The van der Waals surface area contributed by atoms with Crippen molar-refractivity contribution in [2.45, 2.75) is 38.1 Å². The van der Waals surface area contributed by atoms with Gasteiger partial charge in [0.05, 0.1) is 6.26 Å². The summed E-state index contributed by atoms with van der Waals surface area (Å²) in [5.41, 5.74) is 0. The lowest BCUT2D eigenvalue weighted by molar-refractivity contribution is -0.121. The molecule has 1 aliphatic carbocycles. The zero-order valence-corrected chi connectivity index (χ0v) is 13.6. The zero-order chi connectivity index (χ0) is 15.2. The third-order valence-electron chi connectivity index (χ3n) is 3.60. The summed E-state index contributed by atoms with van der Waals surface area (Å²) in [6, 6.07) is 0.0829. The fourth-order valence-corrected chi connectivity index (χ4v) is 3.71. The second-order valence-electron chi connectivity index (χ2n) is 5.72. The summed E-state index contributed by atoms with van der Waals surface area (Å²) in [5.74, 6) is -0.0847. The van der Waals surface area contributed by atoms with Crippen LogP contribution in [-0.4, -0.2) is 69.6 Å². The summed E-state index contributed by atoms with van der Waals surface area (Å²) < 4.78 is 25.1. The molecule has 0 radical (unpaired) electrons. The van der Waals surface area contributed by atoms with Crippen molar-refractivity contribution in [3.05, 3.63) is 0 Å². The number of nitrogens with zero attached hydrogens (tertiary/aromatic N) is 2. The molecule has 1 amide bonds. The molecule has 0 atom stereocenters. The maximum atomic E-state index is 11.8. The number of rotatable bonds is 8. The number of hydrogen-bond acceptors (Lipinski definition) is 4. The molecule has 1 saturated carbocycles. The van der Waals surface area contributed by atoms with Gasteiger partial charge in [-0.15, -0.1) is 0 Å². The second-order valence-corrected chi connectivity index (χ2v) is 7.65. The van der Waals surface area contributed by atoms with Gasteiger partial charge in [-0.25, -0.2) is 8.42 Å². The van der Waals surface area contributed by atoms with Crippen LogP contribution in [0.5, 0.6) is 0 Å². The third kappa shape index (κ3) is 6.19. The van der Waals surface area contributed by atoms with Crippen LogP contribution < -0.4 is 5.32 Å². The molecule has 0 bridgehead atoms. The van der Waals surface area contributed by atoms with E-state index in [0.29, 0.717) is 6.54 Å². The first kappa shape index (κ1) is 17.4. The minimum atomic E-state index is -3.23. The van der Waals surface area contributed by atoms with Crippen molar-refractivity contribution in [1.82, 2.24) is 14.5 Å². The molecular formula is C13H27N3O3S. The molecule has 0 aliphatic heterocycles. The number of carbonyl (C=O) groups is 1. The highest BCUT2D eigenvalue weighted by Gasteiger charge is 2.29. The van der Waals surface area contributed by atoms with Gasteiger partial charge in [0.2, 0.25) is 15.9 Å². The van der Waals surface area contributed by atoms with E-state index in [1.807, 2.05) is 19.0 Å². The standard InChI is InChI=1S/C13H27N3O3S/c1-15(2)11-9-14-13(17)8-10-16(20(3,18)19)12-6-4-5-7-12/h12H,4-11H2,1-3H3,(H,14,17). The van der Waals surface area contributed by atoms with Gasteiger partial charge < -0.3 is 10.2 Å². The molecular weight excluding hydrogens is 278 g/mol. The van der Waals surface area contributed by atoms with E-state index in [1.54, 1.807) is 0 Å². The number of nitrogens with one attached hydrogen (secondary N) is 1. The summed E-state index contributed by atoms with van der Waals surface area (Å²) >= 11 is 0. The van der Waals surface area contributed by atoms with Crippen LogP contribution in [0.15, 0.2) is 0 Å². The lowest BCUT2D eigenvalue weighted by atomic mass is 10.2. The van der Waals surface area contributed by atoms with Gasteiger partial charge in [-0.3, -0.25) is 4.79 Å². The molecule has 20 heavy (non-hydrogen) atoms. The van der Waals surface area contributed by atoms with Gasteiger partial charge in [-0.1, -0.05) is 12.8 Å². The van der Waals surface area contributed by atoms with Crippen molar-refractivity contribution in [2.24, 2.45) is 0 Å². The van der Waals surface area contributed by atoms with Gasteiger partial charge in [0.1, 0.15) is 0 Å². The van der Waals surface area contributed by atoms with E-state index in [2.05, 4.69) is 5.32 Å². The van der Waals surface area contributed by atoms with Crippen molar-refractivity contribution in [3.63, 3.8) is 0 Å². The Bertz CT molecular complexity index is 403. The number of hydrogen-bond donors (Lipinski definition) is 1. The highest BCUT2D eigenvalue weighted by Crippen LogP contribution is 2.25. The van der Waals surface area contributed by atoms with Gasteiger partial charge in [0.15, 0.2) is 0 Å². The van der Waals surface area contributed by atoms with Gasteiger partial charge in [0, 0.05) is 32.1 Å². The molecule has 1 rings (SSSR count). The van der Waals surface area contributed by atoms with Crippen molar-refractivity contribution in [1.29, 1.82) is 0 Å². The quantitative estimate of drug-likeness (QED) is 0.698. The van der Waals surface area contributed by atoms with Crippen LogP contribution in [0.2, 0.25) is 0 Å². The predicted octanol–water partition coefficient (Wildman–Crippen LogP) is 0.259. The molecule has 118 valence electrons. The SMILES string of the molecule is CN(C)CCNC(=O)CCN(C1CCCC1)S(C)(=O)=O. The first-order valence-electron chi connectivity index (χ1n) is 7.19. The summed E-state index contributed by atoms with van der Waals surface area (Å²) in [5, 5.41) is 2.81. The molecule has 7 heteroatoms. The van der Waals surface area contributed by atoms with Crippen molar-refractivity contribution >= 4 is 15.9 Å². The largest absolute Gasteiger partial charge is 0.355 e. The van der Waals surface area contributed by atoms with Crippen LogP contribution in [0.1, 0.15) is 32.1 Å².